The molecule has 0 spiro atoms. The summed E-state index contributed by atoms with van der Waals surface area (Å²) >= 11 is 3.78. The number of carboxylic acid groups (broad SMARTS) is 1. The molecule has 19 heavy (non-hydrogen) atoms. The Kier molecular flexibility index (Phi) is 4.30. The van der Waals surface area contributed by atoms with Crippen molar-refractivity contribution in [2.75, 3.05) is 6.61 Å². The second-order valence-electron chi connectivity index (χ2n) is 3.98. The van der Waals surface area contributed by atoms with E-state index in [4.69, 9.17) is 15.9 Å². The molecular weight excluding hydrogens is 282 g/mol. The summed E-state index contributed by atoms with van der Waals surface area (Å²) in [6.45, 7) is -1.11. The maximum atomic E-state index is 11.0. The number of carboxylic acids is 1. The van der Waals surface area contributed by atoms with Gasteiger partial charge in [0.15, 0.2) is 11.9 Å². The van der Waals surface area contributed by atoms with Crippen molar-refractivity contribution >= 4 is 24.6 Å². The molecule has 4 atom stereocenters. The third kappa shape index (κ3) is 2.47. The summed E-state index contributed by atoms with van der Waals surface area (Å²) in [5.74, 6) is -5.01. The molecule has 0 saturated heterocycles. The standard InChI is InChI=1S/C9H13NO8S/c10-2(7(14)15)6(19)9(17,1-11)5-3(12)4(13)8(16)18-5/h2,5-6,11-13,17,19H,1,10H2,(H,14,15)/t2?,5-,6?,9-/m0/s1. The van der Waals surface area contributed by atoms with Gasteiger partial charge in [-0.15, -0.1) is 0 Å². The normalized spacial score (nSPS) is 25.7. The minimum absolute atomic E-state index is 1.03. The maximum absolute atomic E-state index is 11.0. The van der Waals surface area contributed by atoms with Crippen LogP contribution in [0.5, 0.6) is 0 Å². The lowest BCUT2D eigenvalue weighted by atomic mass is 9.88. The Balaban J connectivity index is 3.12. The van der Waals surface area contributed by atoms with Gasteiger partial charge in [0.05, 0.1) is 11.9 Å². The number of cyclic esters (lactones) is 1. The van der Waals surface area contributed by atoms with E-state index in [9.17, 15) is 24.9 Å². The van der Waals surface area contributed by atoms with Crippen LogP contribution in [0.25, 0.3) is 0 Å². The Labute approximate surface area is 112 Å². The lowest BCUT2D eigenvalue weighted by Gasteiger charge is -2.36. The highest BCUT2D eigenvalue weighted by Crippen LogP contribution is 2.33. The molecule has 10 heteroatoms. The van der Waals surface area contributed by atoms with Gasteiger partial charge in [-0.2, -0.15) is 12.6 Å². The molecule has 1 aliphatic heterocycles. The molecule has 0 aromatic heterocycles. The van der Waals surface area contributed by atoms with Crippen LogP contribution in [-0.2, 0) is 14.3 Å². The third-order valence-corrected chi connectivity index (χ3v) is 3.52. The lowest BCUT2D eigenvalue weighted by molar-refractivity contribution is -0.161. The first-order valence-electron chi connectivity index (χ1n) is 4.99. The van der Waals surface area contributed by atoms with Gasteiger partial charge in [0.1, 0.15) is 11.6 Å². The average molecular weight is 295 g/mol. The average Bonchev–Trinajstić information content (AvgIpc) is 2.64. The van der Waals surface area contributed by atoms with Gasteiger partial charge in [-0.1, -0.05) is 0 Å². The topological polar surface area (TPSA) is 171 Å². The number of aliphatic carboxylic acids is 1. The van der Waals surface area contributed by atoms with Crippen molar-refractivity contribution in [3.63, 3.8) is 0 Å². The van der Waals surface area contributed by atoms with Crippen LogP contribution in [0.4, 0.5) is 0 Å². The van der Waals surface area contributed by atoms with Crippen molar-refractivity contribution < 1.29 is 39.9 Å². The van der Waals surface area contributed by atoms with Crippen LogP contribution in [0, 0.1) is 0 Å². The number of thiol groups is 1. The Morgan fingerprint density at radius 2 is 2.05 bits per heavy atom. The number of rotatable bonds is 5. The molecule has 0 aliphatic carbocycles. The predicted octanol–water partition coefficient (Wildman–Crippen LogP) is -2.33. The van der Waals surface area contributed by atoms with Gasteiger partial charge in [-0.25, -0.2) is 4.79 Å². The van der Waals surface area contributed by atoms with E-state index in [1.165, 1.54) is 0 Å². The van der Waals surface area contributed by atoms with E-state index in [0.717, 1.165) is 0 Å². The summed E-state index contributed by atoms with van der Waals surface area (Å²) in [4.78, 5) is 21.8. The Bertz CT molecular complexity index is 438. The molecule has 0 bridgehead atoms. The molecule has 108 valence electrons. The van der Waals surface area contributed by atoms with Gasteiger partial charge < -0.3 is 36.0 Å². The van der Waals surface area contributed by atoms with E-state index >= 15 is 0 Å². The van der Waals surface area contributed by atoms with E-state index in [1.807, 2.05) is 0 Å². The van der Waals surface area contributed by atoms with Gasteiger partial charge in [0, 0.05) is 0 Å². The van der Waals surface area contributed by atoms with Crippen LogP contribution in [-0.4, -0.2) is 67.1 Å². The Hall–Kier alpha value is -1.49. The molecule has 0 aromatic carbocycles. The number of carbonyl (C=O) groups excluding carboxylic acids is 1. The Morgan fingerprint density at radius 3 is 2.37 bits per heavy atom. The quantitative estimate of drug-likeness (QED) is 0.217. The molecule has 9 nitrogen and oxygen atoms in total. The summed E-state index contributed by atoms with van der Waals surface area (Å²) in [6, 6.07) is -1.71. The zero-order valence-electron chi connectivity index (χ0n) is 9.42. The summed E-state index contributed by atoms with van der Waals surface area (Å²) < 4.78 is 4.47. The highest BCUT2D eigenvalue weighted by atomic mass is 32.1. The molecule has 1 rings (SSSR count). The fraction of sp³-hybridized carbons (Fsp3) is 0.556. The number of aliphatic hydroxyl groups excluding tert-OH is 3. The van der Waals surface area contributed by atoms with Crippen LogP contribution in [0.2, 0.25) is 0 Å². The fourth-order valence-corrected chi connectivity index (χ4v) is 1.91. The first-order chi connectivity index (χ1) is 8.66. The number of hydrogen-bond donors (Lipinski definition) is 7. The predicted molar refractivity (Wildman–Crippen MR) is 62.6 cm³/mol. The largest absolute Gasteiger partial charge is 0.505 e. The molecule has 7 N–H and O–H groups in total. The van der Waals surface area contributed by atoms with Gasteiger partial charge in [-0.05, 0) is 0 Å². The smallest absolute Gasteiger partial charge is 0.378 e. The first kappa shape index (κ1) is 15.6. The number of carbonyl (C=O) groups is 2. The van der Waals surface area contributed by atoms with E-state index < -0.39 is 53.1 Å². The van der Waals surface area contributed by atoms with Crippen LogP contribution >= 0.6 is 12.6 Å². The van der Waals surface area contributed by atoms with E-state index in [-0.39, 0.29) is 0 Å². The Morgan fingerprint density at radius 1 is 1.53 bits per heavy atom. The summed E-state index contributed by atoms with van der Waals surface area (Å²) in [6.07, 6.45) is -1.86. The monoisotopic (exact) mass is 295 g/mol. The number of hydrogen-bond acceptors (Lipinski definition) is 9. The van der Waals surface area contributed by atoms with Crippen LogP contribution < -0.4 is 5.73 Å². The van der Waals surface area contributed by atoms with Crippen molar-refractivity contribution in [1.82, 2.24) is 0 Å². The lowest BCUT2D eigenvalue weighted by Crippen LogP contribution is -2.61. The molecule has 0 aromatic rings. The van der Waals surface area contributed by atoms with E-state index in [1.54, 1.807) is 0 Å². The first-order valence-corrected chi connectivity index (χ1v) is 5.51. The molecule has 0 amide bonds. The van der Waals surface area contributed by atoms with Gasteiger partial charge in [0.2, 0.25) is 5.76 Å². The summed E-state index contributed by atoms with van der Waals surface area (Å²) in [5, 5.41) is 45.1. The maximum Gasteiger partial charge on any atom is 0.378 e. The van der Waals surface area contributed by atoms with Crippen molar-refractivity contribution in [3.8, 4) is 0 Å². The minimum Gasteiger partial charge on any atom is -0.505 e. The van der Waals surface area contributed by atoms with Crippen LogP contribution in [0.15, 0.2) is 11.5 Å². The van der Waals surface area contributed by atoms with Crippen molar-refractivity contribution in [2.45, 2.75) is 23.0 Å². The zero-order chi connectivity index (χ0) is 15.0. The summed E-state index contributed by atoms with van der Waals surface area (Å²) in [5.41, 5.74) is 2.78. The van der Waals surface area contributed by atoms with E-state index in [2.05, 4.69) is 17.4 Å². The molecule has 0 saturated carbocycles. The van der Waals surface area contributed by atoms with Crippen molar-refractivity contribution in [2.24, 2.45) is 5.73 Å². The summed E-state index contributed by atoms with van der Waals surface area (Å²) in [7, 11) is 0. The number of ether oxygens (including phenoxy) is 1. The number of esters is 1. The number of aliphatic hydroxyl groups is 4. The van der Waals surface area contributed by atoms with Gasteiger partial charge in [-0.3, -0.25) is 4.79 Å². The second-order valence-corrected chi connectivity index (χ2v) is 4.53. The van der Waals surface area contributed by atoms with Gasteiger partial charge in [0.25, 0.3) is 0 Å². The van der Waals surface area contributed by atoms with Crippen molar-refractivity contribution in [3.05, 3.63) is 11.5 Å². The highest BCUT2D eigenvalue weighted by molar-refractivity contribution is 7.81. The molecule has 1 heterocycles. The molecule has 2 unspecified atom stereocenters. The third-order valence-electron chi connectivity index (χ3n) is 2.75. The molecule has 0 fully saturated rings. The van der Waals surface area contributed by atoms with Crippen LogP contribution in [0.3, 0.4) is 0 Å². The van der Waals surface area contributed by atoms with Crippen LogP contribution in [0.1, 0.15) is 0 Å². The number of nitrogens with two attached hydrogens (primary N) is 1. The van der Waals surface area contributed by atoms with E-state index in [0.29, 0.717) is 0 Å². The minimum atomic E-state index is -2.48. The molecule has 0 radical (unpaired) electrons. The SMILES string of the molecule is NC(C(=O)O)C(S)[C@](O)(CO)[C@H]1OC(=O)C(O)=C1O. The zero-order valence-corrected chi connectivity index (χ0v) is 10.3. The molecular formula is C9H13NO8S. The highest BCUT2D eigenvalue weighted by Gasteiger charge is 2.54. The van der Waals surface area contributed by atoms with Crippen molar-refractivity contribution in [1.29, 1.82) is 0 Å². The molecule has 1 aliphatic rings. The second kappa shape index (κ2) is 5.25. The fourth-order valence-electron chi connectivity index (χ4n) is 1.56. The van der Waals surface area contributed by atoms with Gasteiger partial charge >= 0.3 is 11.9 Å².